The number of para-hydroxylation sites is 1. The fourth-order valence-electron chi connectivity index (χ4n) is 2.55. The van der Waals surface area contributed by atoms with Crippen LogP contribution in [0.5, 0.6) is 5.75 Å². The van der Waals surface area contributed by atoms with Gasteiger partial charge < -0.3 is 10.1 Å². The summed E-state index contributed by atoms with van der Waals surface area (Å²) in [6.07, 6.45) is 2.88. The minimum absolute atomic E-state index is 0.763. The average Bonchev–Trinajstić information content (AvgIpc) is 3.01. The largest absolute Gasteiger partial charge is 0.492 e. The van der Waals surface area contributed by atoms with Crippen LogP contribution in [0.2, 0.25) is 0 Å². The summed E-state index contributed by atoms with van der Waals surface area (Å²) in [5.74, 6) is 2.75. The molecule has 0 spiro atoms. The van der Waals surface area contributed by atoms with Crippen LogP contribution in [0.25, 0.3) is 11.3 Å². The molecule has 110 valence electrons. The van der Waals surface area contributed by atoms with E-state index in [4.69, 9.17) is 4.74 Å². The molecule has 3 rings (SSSR count). The highest BCUT2D eigenvalue weighted by molar-refractivity contribution is 5.71. The Hall–Kier alpha value is -2.10. The number of nitrogens with one attached hydrogen (secondary N) is 1. The molecule has 0 saturated heterocycles. The molecular formula is C17H21N3O. The second kappa shape index (κ2) is 6.12. The predicted molar refractivity (Wildman–Crippen MR) is 84.8 cm³/mol. The zero-order chi connectivity index (χ0) is 14.7. The maximum Gasteiger partial charge on any atom is 0.132 e. The highest BCUT2D eigenvalue weighted by Crippen LogP contribution is 2.36. The summed E-state index contributed by atoms with van der Waals surface area (Å²) in [5.41, 5.74) is 3.29. The van der Waals surface area contributed by atoms with E-state index in [1.54, 1.807) is 0 Å². The number of benzene rings is 1. The molecule has 2 heterocycles. The van der Waals surface area contributed by atoms with Crippen molar-refractivity contribution >= 4 is 5.82 Å². The lowest BCUT2D eigenvalue weighted by Gasteiger charge is -2.11. The van der Waals surface area contributed by atoms with Crippen LogP contribution >= 0.6 is 0 Å². The van der Waals surface area contributed by atoms with Crippen molar-refractivity contribution in [1.82, 2.24) is 9.97 Å². The molecule has 1 aromatic carbocycles. The van der Waals surface area contributed by atoms with Crippen molar-refractivity contribution in [3.8, 4) is 17.0 Å². The van der Waals surface area contributed by atoms with Crippen LogP contribution in [0, 0.1) is 0 Å². The molecule has 1 aliphatic heterocycles. The van der Waals surface area contributed by atoms with E-state index < -0.39 is 0 Å². The molecule has 4 heteroatoms. The highest BCUT2D eigenvalue weighted by atomic mass is 16.5. The van der Waals surface area contributed by atoms with E-state index in [1.807, 2.05) is 6.07 Å². The number of fused-ring (bicyclic) bond motifs is 1. The maximum atomic E-state index is 5.80. The maximum absolute atomic E-state index is 5.80. The zero-order valence-electron chi connectivity index (χ0n) is 12.6. The van der Waals surface area contributed by atoms with Gasteiger partial charge in [0.1, 0.15) is 17.4 Å². The highest BCUT2D eigenvalue weighted by Gasteiger charge is 2.18. The van der Waals surface area contributed by atoms with Crippen LogP contribution in [-0.2, 0) is 12.8 Å². The van der Waals surface area contributed by atoms with Crippen molar-refractivity contribution in [1.29, 1.82) is 0 Å². The number of hydrogen-bond acceptors (Lipinski definition) is 4. The van der Waals surface area contributed by atoms with Gasteiger partial charge in [0, 0.05) is 31.0 Å². The van der Waals surface area contributed by atoms with Crippen molar-refractivity contribution in [2.75, 3.05) is 18.5 Å². The first-order chi connectivity index (χ1) is 10.3. The molecular weight excluding hydrogens is 262 g/mol. The normalized spacial score (nSPS) is 12.9. The summed E-state index contributed by atoms with van der Waals surface area (Å²) < 4.78 is 5.80. The number of anilines is 1. The zero-order valence-corrected chi connectivity index (χ0v) is 12.6. The van der Waals surface area contributed by atoms with E-state index in [0.717, 1.165) is 61.1 Å². The number of hydrogen-bond donors (Lipinski definition) is 1. The topological polar surface area (TPSA) is 47.0 Å². The number of ether oxygens (including phenoxy) is 1. The van der Waals surface area contributed by atoms with Crippen LogP contribution in [0.3, 0.4) is 0 Å². The van der Waals surface area contributed by atoms with E-state index in [1.165, 1.54) is 5.56 Å². The van der Waals surface area contributed by atoms with Crippen molar-refractivity contribution in [2.24, 2.45) is 0 Å². The van der Waals surface area contributed by atoms with Gasteiger partial charge in [-0.1, -0.05) is 26.0 Å². The Balaban J connectivity index is 2.03. The van der Waals surface area contributed by atoms with Crippen molar-refractivity contribution < 1.29 is 4.74 Å². The lowest BCUT2D eigenvalue weighted by molar-refractivity contribution is 0.358. The van der Waals surface area contributed by atoms with Gasteiger partial charge in [-0.3, -0.25) is 0 Å². The van der Waals surface area contributed by atoms with E-state index in [9.17, 15) is 0 Å². The molecule has 0 unspecified atom stereocenters. The van der Waals surface area contributed by atoms with Gasteiger partial charge in [0.15, 0.2) is 0 Å². The van der Waals surface area contributed by atoms with E-state index in [2.05, 4.69) is 47.3 Å². The van der Waals surface area contributed by atoms with Crippen molar-refractivity contribution in [3.05, 3.63) is 35.7 Å². The Labute approximate surface area is 125 Å². The van der Waals surface area contributed by atoms with Crippen molar-refractivity contribution in [3.63, 3.8) is 0 Å². The first-order valence-electron chi connectivity index (χ1n) is 7.68. The van der Waals surface area contributed by atoms with Gasteiger partial charge in [-0.25, -0.2) is 9.97 Å². The monoisotopic (exact) mass is 283 g/mol. The first kappa shape index (κ1) is 13.9. The van der Waals surface area contributed by atoms with Gasteiger partial charge in [0.2, 0.25) is 0 Å². The second-order valence-electron chi connectivity index (χ2n) is 5.23. The summed E-state index contributed by atoms with van der Waals surface area (Å²) in [5, 5.41) is 3.35. The van der Waals surface area contributed by atoms with Gasteiger partial charge in [-0.2, -0.15) is 0 Å². The van der Waals surface area contributed by atoms with Crippen LogP contribution in [0.1, 0.15) is 31.7 Å². The van der Waals surface area contributed by atoms with E-state index in [-0.39, 0.29) is 0 Å². The molecule has 4 nitrogen and oxygen atoms in total. The third-order valence-corrected chi connectivity index (χ3v) is 3.64. The molecule has 0 atom stereocenters. The van der Waals surface area contributed by atoms with Gasteiger partial charge in [0.05, 0.1) is 12.3 Å². The molecule has 0 radical (unpaired) electrons. The van der Waals surface area contributed by atoms with Crippen LogP contribution in [-0.4, -0.2) is 23.1 Å². The van der Waals surface area contributed by atoms with Crippen LogP contribution < -0.4 is 10.1 Å². The van der Waals surface area contributed by atoms with Gasteiger partial charge in [-0.15, -0.1) is 0 Å². The smallest absolute Gasteiger partial charge is 0.132 e. The lowest BCUT2D eigenvalue weighted by Crippen LogP contribution is -2.06. The molecule has 0 fully saturated rings. The number of rotatable bonds is 5. The summed E-state index contributed by atoms with van der Waals surface area (Å²) in [7, 11) is 0. The second-order valence-corrected chi connectivity index (χ2v) is 5.23. The molecule has 0 amide bonds. The Morgan fingerprint density at radius 1 is 1.24 bits per heavy atom. The third kappa shape index (κ3) is 2.84. The molecule has 1 aliphatic rings. The van der Waals surface area contributed by atoms with Crippen LogP contribution in [0.4, 0.5) is 5.82 Å². The van der Waals surface area contributed by atoms with Gasteiger partial charge in [0.25, 0.3) is 0 Å². The standard InChI is InChI=1S/C17H21N3O/c1-3-9-18-16-11-14(19-15(4-2)20-16)13-7-5-6-12-8-10-21-17(12)13/h5-7,11H,3-4,8-10H2,1-2H3,(H,18,19,20). The van der Waals surface area contributed by atoms with Gasteiger partial charge in [-0.05, 0) is 18.1 Å². The SMILES string of the molecule is CCCNc1cc(-c2cccc3c2OCC3)nc(CC)n1. The Bertz CT molecular complexity index is 640. The Morgan fingerprint density at radius 2 is 2.14 bits per heavy atom. The summed E-state index contributed by atoms with van der Waals surface area (Å²) in [6.45, 7) is 5.91. The summed E-state index contributed by atoms with van der Waals surface area (Å²) in [4.78, 5) is 9.22. The fraction of sp³-hybridized carbons (Fsp3) is 0.412. The van der Waals surface area contributed by atoms with E-state index in [0.29, 0.717) is 0 Å². The number of nitrogens with zero attached hydrogens (tertiary/aromatic N) is 2. The Morgan fingerprint density at radius 3 is 2.95 bits per heavy atom. The average molecular weight is 283 g/mol. The molecule has 1 N–H and O–H groups in total. The number of aryl methyl sites for hydroxylation is 1. The molecule has 0 saturated carbocycles. The van der Waals surface area contributed by atoms with Gasteiger partial charge >= 0.3 is 0 Å². The lowest BCUT2D eigenvalue weighted by atomic mass is 10.1. The number of aromatic nitrogens is 2. The van der Waals surface area contributed by atoms with E-state index >= 15 is 0 Å². The molecule has 1 aromatic heterocycles. The quantitative estimate of drug-likeness (QED) is 0.913. The molecule has 0 aliphatic carbocycles. The molecule has 0 bridgehead atoms. The van der Waals surface area contributed by atoms with Crippen LogP contribution in [0.15, 0.2) is 24.3 Å². The van der Waals surface area contributed by atoms with Crippen molar-refractivity contribution in [2.45, 2.75) is 33.1 Å². The molecule has 21 heavy (non-hydrogen) atoms. The summed E-state index contributed by atoms with van der Waals surface area (Å²) >= 11 is 0. The minimum Gasteiger partial charge on any atom is -0.492 e. The molecule has 2 aromatic rings. The fourth-order valence-corrected chi connectivity index (χ4v) is 2.55. The predicted octanol–water partition coefficient (Wildman–Crippen LogP) is 3.46. The summed E-state index contributed by atoms with van der Waals surface area (Å²) in [6, 6.07) is 8.31. The third-order valence-electron chi connectivity index (χ3n) is 3.64. The first-order valence-corrected chi connectivity index (χ1v) is 7.68. The Kier molecular flexibility index (Phi) is 4.04. The minimum atomic E-state index is 0.763.